The zero-order valence-corrected chi connectivity index (χ0v) is 12.5. The fraction of sp³-hybridized carbons (Fsp3) is 0.625. The molecule has 1 saturated carbocycles. The van der Waals surface area contributed by atoms with Crippen molar-refractivity contribution in [3.05, 3.63) is 30.1 Å². The van der Waals surface area contributed by atoms with E-state index in [0.717, 1.165) is 25.9 Å². The number of likely N-dealkylation sites (tertiary alicyclic amines) is 1. The lowest BCUT2D eigenvalue weighted by Crippen LogP contribution is -2.48. The van der Waals surface area contributed by atoms with Gasteiger partial charge in [-0.2, -0.15) is 0 Å². The molecule has 3 atom stereocenters. The number of aliphatic hydroxyl groups excluding tert-OH is 1. The average molecular weight is 289 g/mol. The molecule has 0 radical (unpaired) electrons. The predicted molar refractivity (Wildman–Crippen MR) is 80.0 cm³/mol. The molecule has 5 heteroatoms. The minimum absolute atomic E-state index is 0.0609. The van der Waals surface area contributed by atoms with Crippen molar-refractivity contribution in [2.75, 3.05) is 20.1 Å². The Balaban J connectivity index is 1.68. The molecule has 1 aliphatic carbocycles. The van der Waals surface area contributed by atoms with Crippen molar-refractivity contribution in [3.63, 3.8) is 0 Å². The Morgan fingerprint density at radius 2 is 2.14 bits per heavy atom. The minimum atomic E-state index is -0.450. The molecular formula is C16H23N3O2. The molecule has 2 heterocycles. The molecule has 0 bridgehead atoms. The summed E-state index contributed by atoms with van der Waals surface area (Å²) >= 11 is 0. The monoisotopic (exact) mass is 289 g/mol. The molecule has 1 N–H and O–H groups in total. The Morgan fingerprint density at radius 1 is 1.38 bits per heavy atom. The Labute approximate surface area is 125 Å². The summed E-state index contributed by atoms with van der Waals surface area (Å²) in [6.45, 7) is 2.16. The van der Waals surface area contributed by atoms with Crippen LogP contribution in [0.1, 0.15) is 36.0 Å². The molecule has 2 aliphatic rings. The summed E-state index contributed by atoms with van der Waals surface area (Å²) in [5.74, 6) is -0.0609. The topological polar surface area (TPSA) is 56.7 Å². The lowest BCUT2D eigenvalue weighted by Gasteiger charge is -2.32. The van der Waals surface area contributed by atoms with Crippen molar-refractivity contribution in [2.24, 2.45) is 0 Å². The molecule has 21 heavy (non-hydrogen) atoms. The van der Waals surface area contributed by atoms with Crippen molar-refractivity contribution < 1.29 is 9.90 Å². The molecule has 0 spiro atoms. The van der Waals surface area contributed by atoms with Gasteiger partial charge in [-0.05, 0) is 50.9 Å². The van der Waals surface area contributed by atoms with Crippen LogP contribution < -0.4 is 0 Å². The minimum Gasteiger partial charge on any atom is -0.389 e. The van der Waals surface area contributed by atoms with Crippen molar-refractivity contribution in [2.45, 2.75) is 43.9 Å². The van der Waals surface area contributed by atoms with Crippen LogP contribution in [0, 0.1) is 0 Å². The van der Waals surface area contributed by atoms with Gasteiger partial charge in [0.05, 0.1) is 17.7 Å². The highest BCUT2D eigenvalue weighted by atomic mass is 16.3. The number of carbonyl (C=O) groups excluding carboxylic acids is 1. The number of hydrogen-bond acceptors (Lipinski definition) is 4. The number of carbonyl (C=O) groups is 1. The first-order valence-electron chi connectivity index (χ1n) is 7.78. The quantitative estimate of drug-likeness (QED) is 0.906. The lowest BCUT2D eigenvalue weighted by molar-refractivity contribution is 0.0296. The molecule has 5 nitrogen and oxygen atoms in total. The highest BCUT2D eigenvalue weighted by molar-refractivity contribution is 5.93. The van der Waals surface area contributed by atoms with Crippen LogP contribution >= 0.6 is 0 Å². The van der Waals surface area contributed by atoms with Crippen LogP contribution in [0.25, 0.3) is 0 Å². The maximum atomic E-state index is 12.5. The van der Waals surface area contributed by atoms with E-state index in [1.807, 2.05) is 0 Å². The number of rotatable bonds is 3. The van der Waals surface area contributed by atoms with Crippen LogP contribution in [-0.2, 0) is 0 Å². The molecule has 1 aromatic heterocycles. The zero-order valence-electron chi connectivity index (χ0n) is 12.5. The third kappa shape index (κ3) is 2.80. The number of pyridine rings is 1. The Kier molecular flexibility index (Phi) is 4.22. The van der Waals surface area contributed by atoms with Crippen LogP contribution in [0.2, 0.25) is 0 Å². The number of amides is 1. The van der Waals surface area contributed by atoms with Crippen LogP contribution in [0.15, 0.2) is 24.5 Å². The van der Waals surface area contributed by atoms with Gasteiger partial charge in [-0.15, -0.1) is 0 Å². The predicted octanol–water partition coefficient (Wildman–Crippen LogP) is 1.14. The second kappa shape index (κ2) is 6.12. The average Bonchev–Trinajstić information content (AvgIpc) is 3.16. The molecule has 1 amide bonds. The molecular weight excluding hydrogens is 266 g/mol. The van der Waals surface area contributed by atoms with Gasteiger partial charge in [0.1, 0.15) is 0 Å². The second-order valence-corrected chi connectivity index (χ2v) is 6.10. The normalized spacial score (nSPS) is 29.7. The van der Waals surface area contributed by atoms with Gasteiger partial charge in [0.15, 0.2) is 0 Å². The third-order valence-corrected chi connectivity index (χ3v) is 4.88. The van der Waals surface area contributed by atoms with E-state index in [9.17, 15) is 9.90 Å². The Hall–Kier alpha value is -1.46. The van der Waals surface area contributed by atoms with Crippen molar-refractivity contribution in [1.29, 1.82) is 0 Å². The molecule has 114 valence electrons. The molecule has 1 aliphatic heterocycles. The maximum Gasteiger partial charge on any atom is 0.255 e. The zero-order chi connectivity index (χ0) is 14.8. The van der Waals surface area contributed by atoms with Gasteiger partial charge in [-0.1, -0.05) is 0 Å². The van der Waals surface area contributed by atoms with Crippen LogP contribution in [-0.4, -0.2) is 64.1 Å². The summed E-state index contributed by atoms with van der Waals surface area (Å²) in [4.78, 5) is 20.5. The summed E-state index contributed by atoms with van der Waals surface area (Å²) < 4.78 is 0. The van der Waals surface area contributed by atoms with Crippen LogP contribution in [0.4, 0.5) is 0 Å². The second-order valence-electron chi connectivity index (χ2n) is 6.10. The molecule has 1 saturated heterocycles. The molecule has 1 aromatic rings. The summed E-state index contributed by atoms with van der Waals surface area (Å²) in [7, 11) is 1.79. The fourth-order valence-corrected chi connectivity index (χ4v) is 3.68. The molecule has 3 rings (SSSR count). The molecule has 2 fully saturated rings. The van der Waals surface area contributed by atoms with Crippen LogP contribution in [0.3, 0.4) is 0 Å². The number of aromatic nitrogens is 1. The number of likely N-dealkylation sites (N-methyl/N-ethyl adjacent to an activating group) is 1. The lowest BCUT2D eigenvalue weighted by atomic mass is 10.1. The van der Waals surface area contributed by atoms with E-state index in [1.54, 1.807) is 36.5 Å². The van der Waals surface area contributed by atoms with E-state index in [2.05, 4.69) is 9.88 Å². The summed E-state index contributed by atoms with van der Waals surface area (Å²) in [6.07, 6.45) is 7.06. The smallest absolute Gasteiger partial charge is 0.255 e. The van der Waals surface area contributed by atoms with Gasteiger partial charge in [0.2, 0.25) is 0 Å². The van der Waals surface area contributed by atoms with Gasteiger partial charge in [0.25, 0.3) is 5.91 Å². The SMILES string of the molecule is CN(C(=O)c1cccnc1)[C@@H]1CC[C@@H](N2CCCC2)[C@@H]1O. The van der Waals surface area contributed by atoms with Gasteiger partial charge < -0.3 is 10.0 Å². The van der Waals surface area contributed by atoms with E-state index in [-0.39, 0.29) is 18.0 Å². The maximum absolute atomic E-state index is 12.5. The van der Waals surface area contributed by atoms with E-state index in [0.29, 0.717) is 5.56 Å². The summed E-state index contributed by atoms with van der Waals surface area (Å²) in [6, 6.07) is 3.65. The fourth-order valence-electron chi connectivity index (χ4n) is 3.68. The van der Waals surface area contributed by atoms with Gasteiger partial charge in [-0.3, -0.25) is 14.7 Å². The van der Waals surface area contributed by atoms with Gasteiger partial charge in [0, 0.05) is 25.5 Å². The number of aliphatic hydroxyl groups is 1. The first-order chi connectivity index (χ1) is 10.2. The Bertz CT molecular complexity index is 488. The van der Waals surface area contributed by atoms with Gasteiger partial charge >= 0.3 is 0 Å². The third-order valence-electron chi connectivity index (χ3n) is 4.88. The first kappa shape index (κ1) is 14.5. The highest BCUT2D eigenvalue weighted by Crippen LogP contribution is 2.30. The van der Waals surface area contributed by atoms with E-state index < -0.39 is 6.10 Å². The van der Waals surface area contributed by atoms with Crippen molar-refractivity contribution in [3.8, 4) is 0 Å². The molecule has 0 unspecified atom stereocenters. The van der Waals surface area contributed by atoms with Crippen LogP contribution in [0.5, 0.6) is 0 Å². The summed E-state index contributed by atoms with van der Waals surface area (Å²) in [5, 5.41) is 10.6. The first-order valence-corrected chi connectivity index (χ1v) is 7.78. The van der Waals surface area contributed by atoms with E-state index >= 15 is 0 Å². The molecule has 0 aromatic carbocycles. The highest BCUT2D eigenvalue weighted by Gasteiger charge is 2.42. The van der Waals surface area contributed by atoms with Gasteiger partial charge in [-0.25, -0.2) is 0 Å². The standard InChI is InChI=1S/C16H23N3O2/c1-18(16(21)12-5-4-8-17-11-12)13-6-7-14(15(13)20)19-9-2-3-10-19/h4-5,8,11,13-15,20H,2-3,6-7,9-10H2,1H3/t13-,14-,15-/m1/s1. The number of hydrogen-bond donors (Lipinski definition) is 1. The Morgan fingerprint density at radius 3 is 2.81 bits per heavy atom. The largest absolute Gasteiger partial charge is 0.389 e. The van der Waals surface area contributed by atoms with E-state index in [4.69, 9.17) is 0 Å². The number of nitrogens with zero attached hydrogens (tertiary/aromatic N) is 3. The summed E-state index contributed by atoms with van der Waals surface area (Å²) in [5.41, 5.74) is 0.580. The van der Waals surface area contributed by atoms with E-state index in [1.165, 1.54) is 12.8 Å². The van der Waals surface area contributed by atoms with Crippen molar-refractivity contribution >= 4 is 5.91 Å². The van der Waals surface area contributed by atoms with Crippen molar-refractivity contribution in [1.82, 2.24) is 14.8 Å².